The smallest absolute Gasteiger partial charge is 0.122 e. The van der Waals surface area contributed by atoms with E-state index in [9.17, 15) is 0 Å². The molecule has 1 aliphatic carbocycles. The van der Waals surface area contributed by atoms with E-state index in [2.05, 4.69) is 28.5 Å². The maximum absolute atomic E-state index is 5.44. The van der Waals surface area contributed by atoms with Crippen LogP contribution in [0, 0.1) is 0 Å². The number of hydrogen-bond acceptors (Lipinski definition) is 4. The first-order chi connectivity index (χ1) is 9.86. The highest BCUT2D eigenvalue weighted by molar-refractivity contribution is 7.09. The number of thiazole rings is 1. The number of rotatable bonds is 6. The third-order valence-electron chi connectivity index (χ3n) is 3.97. The molecule has 0 bridgehead atoms. The van der Waals surface area contributed by atoms with Gasteiger partial charge in [0.2, 0.25) is 0 Å². The van der Waals surface area contributed by atoms with Crippen LogP contribution < -0.4 is 10.1 Å². The van der Waals surface area contributed by atoms with Crippen LogP contribution >= 0.6 is 11.3 Å². The van der Waals surface area contributed by atoms with Gasteiger partial charge in [0.25, 0.3) is 0 Å². The number of para-hydroxylation sites is 1. The molecule has 20 heavy (non-hydrogen) atoms. The minimum absolute atomic E-state index is 0.642. The van der Waals surface area contributed by atoms with Crippen molar-refractivity contribution in [2.24, 2.45) is 0 Å². The van der Waals surface area contributed by atoms with Gasteiger partial charge in [0, 0.05) is 30.6 Å². The first-order valence-corrected chi connectivity index (χ1v) is 7.99. The first-order valence-electron chi connectivity index (χ1n) is 7.11. The normalized spacial score (nSPS) is 21.4. The monoisotopic (exact) mass is 288 g/mol. The molecule has 4 heteroatoms. The number of nitrogens with zero attached hydrogens (tertiary/aromatic N) is 1. The highest BCUT2D eigenvalue weighted by Crippen LogP contribution is 2.40. The van der Waals surface area contributed by atoms with Crippen LogP contribution in [-0.4, -0.2) is 24.7 Å². The highest BCUT2D eigenvalue weighted by atomic mass is 32.1. The van der Waals surface area contributed by atoms with E-state index >= 15 is 0 Å². The molecular formula is C16H20N2OS. The second-order valence-electron chi connectivity index (χ2n) is 5.24. The molecule has 1 fully saturated rings. The molecule has 0 aliphatic heterocycles. The second kappa shape index (κ2) is 6.37. The van der Waals surface area contributed by atoms with Gasteiger partial charge in [-0.05, 0) is 30.4 Å². The van der Waals surface area contributed by atoms with Crippen molar-refractivity contribution in [2.75, 3.05) is 13.7 Å². The van der Waals surface area contributed by atoms with Crippen molar-refractivity contribution < 1.29 is 4.74 Å². The van der Waals surface area contributed by atoms with Gasteiger partial charge in [-0.3, -0.25) is 0 Å². The zero-order valence-corrected chi connectivity index (χ0v) is 12.5. The van der Waals surface area contributed by atoms with Crippen LogP contribution in [0.3, 0.4) is 0 Å². The van der Waals surface area contributed by atoms with E-state index in [4.69, 9.17) is 4.74 Å². The van der Waals surface area contributed by atoms with Crippen LogP contribution in [0.25, 0.3) is 0 Å². The summed E-state index contributed by atoms with van der Waals surface area (Å²) < 4.78 is 5.44. The van der Waals surface area contributed by atoms with E-state index in [0.29, 0.717) is 12.0 Å². The lowest BCUT2D eigenvalue weighted by molar-refractivity contribution is 0.285. The fourth-order valence-corrected chi connectivity index (χ4v) is 3.42. The third kappa shape index (κ3) is 3.02. The van der Waals surface area contributed by atoms with Crippen molar-refractivity contribution >= 4 is 11.3 Å². The average molecular weight is 288 g/mol. The molecule has 0 atom stereocenters. The Morgan fingerprint density at radius 1 is 1.35 bits per heavy atom. The van der Waals surface area contributed by atoms with E-state index in [1.807, 2.05) is 17.6 Å². The molecule has 0 spiro atoms. The van der Waals surface area contributed by atoms with Gasteiger partial charge >= 0.3 is 0 Å². The summed E-state index contributed by atoms with van der Waals surface area (Å²) in [6.07, 6.45) is 5.32. The zero-order chi connectivity index (χ0) is 13.8. The van der Waals surface area contributed by atoms with E-state index in [1.54, 1.807) is 18.4 Å². The van der Waals surface area contributed by atoms with Gasteiger partial charge in [-0.1, -0.05) is 18.2 Å². The summed E-state index contributed by atoms with van der Waals surface area (Å²) in [6.45, 7) is 1.02. The van der Waals surface area contributed by atoms with Crippen molar-refractivity contribution in [3.05, 3.63) is 46.4 Å². The fourth-order valence-electron chi connectivity index (χ4n) is 2.80. The molecule has 106 valence electrons. The predicted molar refractivity (Wildman–Crippen MR) is 82.6 cm³/mol. The Morgan fingerprint density at radius 2 is 2.20 bits per heavy atom. The van der Waals surface area contributed by atoms with Gasteiger partial charge in [0.15, 0.2) is 0 Å². The van der Waals surface area contributed by atoms with Crippen molar-refractivity contribution in [1.82, 2.24) is 10.3 Å². The van der Waals surface area contributed by atoms with Crippen LogP contribution in [0.2, 0.25) is 0 Å². The summed E-state index contributed by atoms with van der Waals surface area (Å²) in [5, 5.41) is 6.88. The number of aromatic nitrogens is 1. The summed E-state index contributed by atoms with van der Waals surface area (Å²) in [5.74, 6) is 1.67. The first kappa shape index (κ1) is 13.6. The summed E-state index contributed by atoms with van der Waals surface area (Å²) in [7, 11) is 1.75. The quantitative estimate of drug-likeness (QED) is 0.886. The van der Waals surface area contributed by atoms with Gasteiger partial charge < -0.3 is 10.1 Å². The molecule has 1 aliphatic rings. The van der Waals surface area contributed by atoms with Gasteiger partial charge in [-0.2, -0.15) is 0 Å². The molecule has 1 N–H and O–H groups in total. The summed E-state index contributed by atoms with van der Waals surface area (Å²) in [5.41, 5.74) is 1.35. The summed E-state index contributed by atoms with van der Waals surface area (Å²) in [4.78, 5) is 4.30. The van der Waals surface area contributed by atoms with Gasteiger partial charge in [-0.15, -0.1) is 11.3 Å². The number of nitrogens with one attached hydrogen (secondary N) is 1. The molecule has 1 aromatic heterocycles. The molecular weight excluding hydrogens is 268 g/mol. The Hall–Kier alpha value is -1.39. The third-order valence-corrected chi connectivity index (χ3v) is 4.81. The van der Waals surface area contributed by atoms with Crippen molar-refractivity contribution in [3.8, 4) is 5.75 Å². The topological polar surface area (TPSA) is 34.1 Å². The maximum atomic E-state index is 5.44. The minimum Gasteiger partial charge on any atom is -0.496 e. The molecule has 0 saturated heterocycles. The van der Waals surface area contributed by atoms with Crippen LogP contribution in [0.5, 0.6) is 5.75 Å². The zero-order valence-electron chi connectivity index (χ0n) is 11.7. The molecule has 1 heterocycles. The summed E-state index contributed by atoms with van der Waals surface area (Å²) in [6, 6.07) is 9.02. The minimum atomic E-state index is 0.642. The number of benzene rings is 1. The van der Waals surface area contributed by atoms with Gasteiger partial charge in [0.05, 0.1) is 12.1 Å². The standard InChI is InChI=1S/C16H20N2OS/c1-19-15-5-3-2-4-14(15)12-10-13(11-12)17-7-6-16-18-8-9-20-16/h2-5,8-9,12-13,17H,6-7,10-11H2,1H3. The molecule has 3 rings (SSSR count). The molecule has 0 radical (unpaired) electrons. The number of ether oxygens (including phenoxy) is 1. The molecule has 0 amide bonds. The van der Waals surface area contributed by atoms with Crippen LogP contribution in [0.1, 0.15) is 29.3 Å². The average Bonchev–Trinajstić information content (AvgIpc) is 2.94. The van der Waals surface area contributed by atoms with Crippen LogP contribution in [0.15, 0.2) is 35.8 Å². The molecule has 2 aromatic rings. The van der Waals surface area contributed by atoms with Crippen LogP contribution in [0.4, 0.5) is 0 Å². The lowest BCUT2D eigenvalue weighted by Gasteiger charge is -2.37. The Kier molecular flexibility index (Phi) is 4.33. The molecule has 1 aromatic carbocycles. The number of methoxy groups -OCH3 is 1. The maximum Gasteiger partial charge on any atom is 0.122 e. The highest BCUT2D eigenvalue weighted by Gasteiger charge is 2.31. The SMILES string of the molecule is COc1ccccc1C1CC(NCCc2nccs2)C1. The van der Waals surface area contributed by atoms with Crippen molar-refractivity contribution in [2.45, 2.75) is 31.2 Å². The van der Waals surface area contributed by atoms with Gasteiger partial charge in [0.1, 0.15) is 5.75 Å². The Balaban J connectivity index is 1.44. The van der Waals surface area contributed by atoms with Crippen molar-refractivity contribution in [3.63, 3.8) is 0 Å². The van der Waals surface area contributed by atoms with Gasteiger partial charge in [-0.25, -0.2) is 4.98 Å². The Morgan fingerprint density at radius 3 is 2.95 bits per heavy atom. The lowest BCUT2D eigenvalue weighted by Crippen LogP contribution is -2.41. The summed E-state index contributed by atoms with van der Waals surface area (Å²) >= 11 is 1.73. The van der Waals surface area contributed by atoms with E-state index in [1.165, 1.54) is 23.4 Å². The van der Waals surface area contributed by atoms with Crippen molar-refractivity contribution in [1.29, 1.82) is 0 Å². The molecule has 0 unspecified atom stereocenters. The largest absolute Gasteiger partial charge is 0.496 e. The second-order valence-corrected chi connectivity index (χ2v) is 6.22. The number of hydrogen-bond donors (Lipinski definition) is 1. The molecule has 1 saturated carbocycles. The Labute approximate surface area is 124 Å². The van der Waals surface area contributed by atoms with E-state index in [0.717, 1.165) is 18.7 Å². The predicted octanol–water partition coefficient (Wildman–Crippen LogP) is 3.23. The fraction of sp³-hybridized carbons (Fsp3) is 0.438. The lowest BCUT2D eigenvalue weighted by atomic mass is 9.75. The Bertz CT molecular complexity index is 535. The van der Waals surface area contributed by atoms with E-state index < -0.39 is 0 Å². The molecule has 3 nitrogen and oxygen atoms in total. The van der Waals surface area contributed by atoms with Crippen LogP contribution in [-0.2, 0) is 6.42 Å². The van der Waals surface area contributed by atoms with E-state index in [-0.39, 0.29) is 0 Å².